The van der Waals surface area contributed by atoms with Gasteiger partial charge in [-0.2, -0.15) is 19.9 Å². The van der Waals surface area contributed by atoms with E-state index >= 15 is 0 Å². The SMILES string of the molecule is [2H]c1c([2H])c([2H])c(-c2nc(-c3c([2H])c([2H])c4c(oc5c([2H])c([2H])c([2H])c(-c6ccccc6)c54)c3[2H])nc(-n3c4c([2H])c([2H])c([2H])c([2H])c4c4c5c(oc6c([2H])c([2H])c([2H])c([2H])c65)c([2H])c([2H])c43)n2)c([2H])c1[2H].[2H]c1c([2H])c([2H])c(-c2nc(-c3ccc4c(c3)oc3cccc(-c5c([2H])c([2H])c([2H])c([2H])c5[2H])c34)nc(-n3c4c([2H])c([2H])c([2H])c([2H])c4c4c5c(oc6c([2H])c([2H])c([2H])c([2H])c65)c([2H])c([2H])c43)n2)c([2H])c1[2H]. The third kappa shape index (κ3) is 9.03. The fraction of sp³-hybridized carbons (Fsp3) is 0. The molecule has 0 saturated heterocycles. The van der Waals surface area contributed by atoms with Crippen molar-refractivity contribution in [2.24, 2.45) is 0 Å². The summed E-state index contributed by atoms with van der Waals surface area (Å²) in [6.07, 6.45) is 0. The lowest BCUT2D eigenvalue weighted by atomic mass is 9.99. The number of fused-ring (bicyclic) bond motifs is 20. The largest absolute Gasteiger partial charge is 0.456 e. The molecule has 0 fully saturated rings. The van der Waals surface area contributed by atoms with Gasteiger partial charge in [0.25, 0.3) is 0 Å². The molecule has 0 N–H and O–H groups in total. The molecular weight excluding hydrogens is 1260 g/mol. The second kappa shape index (κ2) is 22.7. The summed E-state index contributed by atoms with van der Waals surface area (Å²) in [6, 6.07) is -10.4. The van der Waals surface area contributed by atoms with Gasteiger partial charge in [-0.3, -0.25) is 9.13 Å². The molecule has 0 saturated carbocycles. The second-order valence-electron chi connectivity index (χ2n) is 22.5. The van der Waals surface area contributed by atoms with Gasteiger partial charge >= 0.3 is 0 Å². The Bertz CT molecular complexity index is 9690. The molecule has 0 aliphatic rings. The van der Waals surface area contributed by atoms with Crippen LogP contribution in [-0.4, -0.2) is 39.0 Å². The van der Waals surface area contributed by atoms with Gasteiger partial charge in [0.05, 0.1) is 78.3 Å². The quantitative estimate of drug-likeness (QED) is 0.144. The Hall–Kier alpha value is -14.1. The zero-order chi connectivity index (χ0) is 103. The van der Waals surface area contributed by atoms with Crippen molar-refractivity contribution in [1.82, 2.24) is 39.0 Å². The van der Waals surface area contributed by atoms with Crippen molar-refractivity contribution in [1.29, 1.82) is 0 Å². The molecule has 12 nitrogen and oxygen atoms in total. The lowest BCUT2D eigenvalue weighted by molar-refractivity contribution is 0.668. The lowest BCUT2D eigenvalue weighted by Crippen LogP contribution is -2.06. The van der Waals surface area contributed by atoms with Crippen LogP contribution in [0.1, 0.15) is 56.2 Å². The number of benzene rings is 14. The number of nitrogens with zero attached hydrogens (tertiary/aromatic N) is 8. The van der Waals surface area contributed by atoms with Crippen LogP contribution in [0.15, 0.2) is 332 Å². The fourth-order valence-electron chi connectivity index (χ4n) is 12.7. The first kappa shape index (κ1) is 29.9. The van der Waals surface area contributed by atoms with Crippen molar-refractivity contribution in [2.45, 2.75) is 0 Å². The molecule has 8 heterocycles. The van der Waals surface area contributed by atoms with Gasteiger partial charge in [0, 0.05) is 86.9 Å². The molecule has 0 amide bonds. The molecule has 0 atom stereocenters. The van der Waals surface area contributed by atoms with E-state index in [1.54, 1.807) is 54.6 Å². The highest BCUT2D eigenvalue weighted by molar-refractivity contribution is 6.29. The predicted molar refractivity (Wildman–Crippen MR) is 410 cm³/mol. The fourth-order valence-corrected chi connectivity index (χ4v) is 12.7. The third-order valence-electron chi connectivity index (χ3n) is 16.9. The van der Waals surface area contributed by atoms with Crippen LogP contribution in [0.5, 0.6) is 0 Å². The van der Waals surface area contributed by atoms with Crippen LogP contribution in [0, 0.1) is 0 Å². The monoisotopic (exact) mass is 1350 g/mol. The zero-order valence-electron chi connectivity index (χ0n) is 92.1. The van der Waals surface area contributed by atoms with Crippen LogP contribution in [0.3, 0.4) is 0 Å². The molecule has 0 radical (unpaired) electrons. The van der Waals surface area contributed by atoms with E-state index in [0.29, 0.717) is 16.3 Å². The minimum atomic E-state index is -0.844. The van der Waals surface area contributed by atoms with Crippen LogP contribution in [0.25, 0.3) is 211 Å². The van der Waals surface area contributed by atoms with E-state index in [-0.39, 0.29) is 121 Å². The number of hydrogen-bond donors (Lipinski definition) is 0. The van der Waals surface area contributed by atoms with Crippen molar-refractivity contribution in [3.63, 3.8) is 0 Å². The van der Waals surface area contributed by atoms with E-state index < -0.39 is 322 Å². The van der Waals surface area contributed by atoms with Crippen LogP contribution in [0.4, 0.5) is 0 Å². The van der Waals surface area contributed by atoms with Crippen LogP contribution in [0.2, 0.25) is 0 Å². The number of furan rings is 4. The standard InChI is InChI=1S/2C45H26N4O2/c2*1-3-12-27(13-4-1)30-18-11-21-37-40(30)33-23-22-29(26-39(33)51-37)44-46-43(28-14-5-2-6-15-28)47-45(48-44)49-34-19-9-7-16-31(34)41-35(49)24-25-38-42(41)32-17-8-10-20-36(32)50-38/h2*1-26H/i2D,5D,6D,7D,8D,9D,10D,11D,14D,15D,16D,17D,18D,19D,20D,21D,22D,23D,24D,25D,26D;1D,2D,3D,4D,5D,6D,7D,8D,9D,10D,12D,13D,14D,15D,16D,17D,19D,20D,24D,25D. The van der Waals surface area contributed by atoms with E-state index in [2.05, 4.69) is 24.9 Å². The smallest absolute Gasteiger partial charge is 0.238 e. The van der Waals surface area contributed by atoms with Crippen molar-refractivity contribution < 1.29 is 73.9 Å². The molecule has 0 aliphatic heterocycles. The summed E-state index contributed by atoms with van der Waals surface area (Å²) in [5.74, 6) is -3.56. The Morgan fingerprint density at radius 1 is 0.235 bits per heavy atom. The van der Waals surface area contributed by atoms with Crippen LogP contribution in [-0.2, 0) is 0 Å². The minimum Gasteiger partial charge on any atom is -0.456 e. The summed E-state index contributed by atoms with van der Waals surface area (Å²) in [7, 11) is 0. The highest BCUT2D eigenvalue weighted by Gasteiger charge is 2.26. The van der Waals surface area contributed by atoms with Gasteiger partial charge in [-0.1, -0.05) is 230 Å². The molecule has 14 aromatic carbocycles. The average Bonchev–Trinajstić information content (AvgIpc) is 1.52. The van der Waals surface area contributed by atoms with E-state index in [4.69, 9.17) is 63.8 Å². The first-order valence-electron chi connectivity index (χ1n) is 51.1. The average molecular weight is 1350 g/mol. The molecule has 0 spiro atoms. The molecule has 476 valence electrons. The van der Waals surface area contributed by atoms with Gasteiger partial charge in [0.1, 0.15) is 44.7 Å². The van der Waals surface area contributed by atoms with Gasteiger partial charge in [0.2, 0.25) is 11.9 Å². The maximum absolute atomic E-state index is 9.61. The summed E-state index contributed by atoms with van der Waals surface area (Å²) in [5.41, 5.74) is -4.63. The molecule has 0 bridgehead atoms. The molecule has 22 rings (SSSR count). The minimum absolute atomic E-state index is 0.0200. The summed E-state index contributed by atoms with van der Waals surface area (Å²) < 4.78 is 387. The second-order valence-corrected chi connectivity index (χ2v) is 22.5. The summed E-state index contributed by atoms with van der Waals surface area (Å²) in [5, 5.41) is -1.55. The molecular formula is C90H52N8O4. The normalized spacial score (nSPS) is 17.5. The molecule has 8 aromatic heterocycles. The van der Waals surface area contributed by atoms with E-state index in [9.17, 15) is 15.1 Å². The summed E-state index contributed by atoms with van der Waals surface area (Å²) in [4.78, 5) is 27.5. The topological polar surface area (TPSA) is 140 Å². The summed E-state index contributed by atoms with van der Waals surface area (Å²) in [6.45, 7) is 0. The van der Waals surface area contributed by atoms with E-state index in [0.717, 1.165) is 9.13 Å². The van der Waals surface area contributed by atoms with Gasteiger partial charge in [-0.25, -0.2) is 9.97 Å². The number of para-hydroxylation sites is 4. The first-order valence-corrected chi connectivity index (χ1v) is 30.6. The number of hydrogen-bond acceptors (Lipinski definition) is 10. The van der Waals surface area contributed by atoms with Gasteiger partial charge in [-0.15, -0.1) is 0 Å². The van der Waals surface area contributed by atoms with Crippen LogP contribution >= 0.6 is 0 Å². The van der Waals surface area contributed by atoms with E-state index in [1.165, 1.54) is 12.1 Å². The number of aromatic nitrogens is 8. The maximum Gasteiger partial charge on any atom is 0.238 e. The Labute approximate surface area is 637 Å². The predicted octanol–water partition coefficient (Wildman–Crippen LogP) is 23.5. The lowest BCUT2D eigenvalue weighted by Gasteiger charge is -2.11. The molecule has 22 aromatic rings. The van der Waals surface area contributed by atoms with Crippen LogP contribution < -0.4 is 0 Å². The zero-order valence-corrected chi connectivity index (χ0v) is 51.1. The van der Waals surface area contributed by atoms with Gasteiger partial charge < -0.3 is 17.7 Å². The first-order chi connectivity index (χ1) is 67.6. The van der Waals surface area contributed by atoms with Crippen molar-refractivity contribution in [2.75, 3.05) is 0 Å². The Balaban J connectivity index is 0.000000169. The van der Waals surface area contributed by atoms with Crippen molar-refractivity contribution in [3.05, 3.63) is 314 Å². The van der Waals surface area contributed by atoms with Crippen molar-refractivity contribution >= 4 is 131 Å². The molecule has 0 unspecified atom stereocenters. The molecule has 12 heteroatoms. The Morgan fingerprint density at radius 3 is 1.30 bits per heavy atom. The Kier molecular flexibility index (Phi) is 6.68. The number of rotatable bonds is 8. The maximum atomic E-state index is 9.61. The Morgan fingerprint density at radius 2 is 0.706 bits per heavy atom. The summed E-state index contributed by atoms with van der Waals surface area (Å²) >= 11 is 0. The van der Waals surface area contributed by atoms with E-state index in [1.807, 2.05) is 0 Å². The third-order valence-corrected chi connectivity index (χ3v) is 16.9. The highest BCUT2D eigenvalue weighted by atomic mass is 16.3. The van der Waals surface area contributed by atoms with Crippen molar-refractivity contribution in [3.8, 4) is 79.7 Å². The van der Waals surface area contributed by atoms with Gasteiger partial charge in [-0.05, 0) is 107 Å². The molecule has 0 aliphatic carbocycles. The van der Waals surface area contributed by atoms with Gasteiger partial charge in [0.15, 0.2) is 23.3 Å². The molecule has 102 heavy (non-hydrogen) atoms. The highest BCUT2D eigenvalue weighted by Crippen LogP contribution is 2.45.